The van der Waals surface area contributed by atoms with Gasteiger partial charge in [-0.05, 0) is 43.4 Å². The number of hydrogen-bond acceptors (Lipinski definition) is 7. The van der Waals surface area contributed by atoms with E-state index in [2.05, 4.69) is 20.8 Å². The van der Waals surface area contributed by atoms with Crippen LogP contribution in [0.5, 0.6) is 5.75 Å². The van der Waals surface area contributed by atoms with Crippen LogP contribution in [0.15, 0.2) is 65.9 Å². The van der Waals surface area contributed by atoms with Crippen LogP contribution in [0.4, 0.5) is 5.69 Å². The van der Waals surface area contributed by atoms with E-state index in [1.54, 1.807) is 30.5 Å². The lowest BCUT2D eigenvalue weighted by atomic mass is 10.1. The van der Waals surface area contributed by atoms with Gasteiger partial charge in [0.1, 0.15) is 11.3 Å². The smallest absolute Gasteiger partial charge is 0.277 e. The minimum Gasteiger partial charge on any atom is -0.481 e. The molecular formula is C23H19N5O4S. The van der Waals surface area contributed by atoms with Crippen molar-refractivity contribution in [3.8, 4) is 5.75 Å². The van der Waals surface area contributed by atoms with E-state index in [1.807, 2.05) is 37.3 Å². The van der Waals surface area contributed by atoms with Gasteiger partial charge >= 0.3 is 0 Å². The zero-order valence-corrected chi connectivity index (χ0v) is 18.3. The summed E-state index contributed by atoms with van der Waals surface area (Å²) in [6.07, 6.45) is 2.70. The summed E-state index contributed by atoms with van der Waals surface area (Å²) in [5, 5.41) is 7.12. The number of rotatable bonds is 6. The van der Waals surface area contributed by atoms with Gasteiger partial charge in [-0.15, -0.1) is 0 Å². The molecule has 33 heavy (non-hydrogen) atoms. The number of thiocarbonyl (C=S) groups is 1. The van der Waals surface area contributed by atoms with Crippen molar-refractivity contribution in [3.63, 3.8) is 0 Å². The van der Waals surface area contributed by atoms with Crippen LogP contribution in [0.1, 0.15) is 5.56 Å². The number of aryl methyl sites for hydroxylation is 1. The molecule has 2 heterocycles. The summed E-state index contributed by atoms with van der Waals surface area (Å²) < 4.78 is 5.54. The highest BCUT2D eigenvalue weighted by Crippen LogP contribution is 2.23. The van der Waals surface area contributed by atoms with Crippen LogP contribution in [0.2, 0.25) is 0 Å². The second-order valence-electron chi connectivity index (χ2n) is 7.21. The number of carbonyl (C=O) groups excluding carboxylic acids is 3. The van der Waals surface area contributed by atoms with Crippen LogP contribution in [0.25, 0.3) is 10.9 Å². The van der Waals surface area contributed by atoms with E-state index in [1.165, 1.54) is 4.90 Å². The number of hydrazone groups is 1. The molecule has 2 aromatic carbocycles. The maximum absolute atomic E-state index is 12.9. The first kappa shape index (κ1) is 22.0. The summed E-state index contributed by atoms with van der Waals surface area (Å²) >= 11 is 5.15. The number of amides is 3. The number of nitrogens with zero attached hydrogens (tertiary/aromatic N) is 3. The summed E-state index contributed by atoms with van der Waals surface area (Å²) in [6, 6.07) is 16.2. The number of hydrogen-bond donors (Lipinski definition) is 2. The minimum absolute atomic E-state index is 0.0142. The molecule has 0 unspecified atom stereocenters. The lowest BCUT2D eigenvalue weighted by Gasteiger charge is -2.30. The van der Waals surface area contributed by atoms with E-state index in [9.17, 15) is 14.4 Å². The number of nitrogens with one attached hydrogen (secondary N) is 2. The summed E-state index contributed by atoms with van der Waals surface area (Å²) in [6.45, 7) is 1.60. The average molecular weight is 462 g/mol. The molecule has 3 aromatic rings. The van der Waals surface area contributed by atoms with Gasteiger partial charge in [0.15, 0.2) is 17.6 Å². The van der Waals surface area contributed by atoms with Gasteiger partial charge in [0, 0.05) is 17.8 Å². The Morgan fingerprint density at radius 1 is 1.21 bits per heavy atom. The molecule has 1 saturated heterocycles. The van der Waals surface area contributed by atoms with E-state index in [4.69, 9.17) is 17.0 Å². The summed E-state index contributed by atoms with van der Waals surface area (Å²) in [7, 11) is 0. The molecule has 1 atom stereocenters. The summed E-state index contributed by atoms with van der Waals surface area (Å²) in [5.41, 5.74) is 4.43. The SMILES string of the molecule is Cc1ccc(N2C(=O)[C@@H](/C=N/NC(=O)COc3cccc4cccnc34)C(=O)NC2=S)cc1. The summed E-state index contributed by atoms with van der Waals surface area (Å²) in [4.78, 5) is 42.8. The number of pyridine rings is 1. The number of aromatic nitrogens is 1. The first-order valence-electron chi connectivity index (χ1n) is 9.98. The Kier molecular flexibility index (Phi) is 6.36. The topological polar surface area (TPSA) is 113 Å². The van der Waals surface area contributed by atoms with E-state index in [-0.39, 0.29) is 11.7 Å². The molecule has 3 amide bonds. The third-order valence-corrected chi connectivity index (χ3v) is 5.15. The van der Waals surface area contributed by atoms with Crippen LogP contribution in [0.3, 0.4) is 0 Å². The highest BCUT2D eigenvalue weighted by Gasteiger charge is 2.38. The molecule has 0 radical (unpaired) electrons. The maximum atomic E-state index is 12.9. The van der Waals surface area contributed by atoms with Gasteiger partial charge in [-0.3, -0.25) is 24.3 Å². The molecule has 9 nitrogen and oxygen atoms in total. The lowest BCUT2D eigenvalue weighted by molar-refractivity contribution is -0.130. The Balaban J connectivity index is 1.38. The molecule has 4 rings (SSSR count). The minimum atomic E-state index is -1.25. The van der Waals surface area contributed by atoms with Crippen molar-refractivity contribution in [1.82, 2.24) is 15.7 Å². The fourth-order valence-corrected chi connectivity index (χ4v) is 3.51. The van der Waals surface area contributed by atoms with E-state index < -0.39 is 23.6 Å². The predicted molar refractivity (Wildman–Crippen MR) is 127 cm³/mol. The standard InChI is InChI=1S/C23H19N5O4S/c1-14-7-9-16(10-8-14)28-22(31)17(21(30)26-23(28)33)12-25-27-19(29)13-32-18-6-2-4-15-5-3-11-24-20(15)18/h2-12,17H,13H2,1H3,(H,27,29)(H,26,30,33)/b25-12+/t17-/m0/s1. The molecular weight excluding hydrogens is 442 g/mol. The number of benzene rings is 2. The van der Waals surface area contributed by atoms with Crippen molar-refractivity contribution >= 4 is 57.9 Å². The van der Waals surface area contributed by atoms with Gasteiger partial charge in [-0.2, -0.15) is 5.10 Å². The Morgan fingerprint density at radius 2 is 1.97 bits per heavy atom. The van der Waals surface area contributed by atoms with Crippen LogP contribution in [0, 0.1) is 12.8 Å². The zero-order chi connectivity index (χ0) is 23.4. The van der Waals surface area contributed by atoms with Gasteiger partial charge in [0.05, 0.1) is 5.69 Å². The number of fused-ring (bicyclic) bond motifs is 1. The van der Waals surface area contributed by atoms with E-state index in [0.29, 0.717) is 17.0 Å². The normalized spacial score (nSPS) is 16.2. The first-order valence-corrected chi connectivity index (χ1v) is 10.4. The van der Waals surface area contributed by atoms with Crippen molar-refractivity contribution in [1.29, 1.82) is 0 Å². The Bertz CT molecular complexity index is 1270. The highest BCUT2D eigenvalue weighted by atomic mass is 32.1. The second kappa shape index (κ2) is 9.53. The number of anilines is 1. The van der Waals surface area contributed by atoms with Gasteiger partial charge in [0.2, 0.25) is 5.91 Å². The van der Waals surface area contributed by atoms with E-state index >= 15 is 0 Å². The molecule has 0 spiro atoms. The van der Waals surface area contributed by atoms with Gasteiger partial charge < -0.3 is 10.1 Å². The Hall–Kier alpha value is -4.18. The predicted octanol–water partition coefficient (Wildman–Crippen LogP) is 2.09. The number of carbonyl (C=O) groups is 3. The molecule has 1 aromatic heterocycles. The molecule has 0 saturated carbocycles. The molecule has 1 aliphatic rings. The fourth-order valence-electron chi connectivity index (χ4n) is 3.21. The third-order valence-electron chi connectivity index (χ3n) is 4.86. The van der Waals surface area contributed by atoms with Crippen molar-refractivity contribution in [2.75, 3.05) is 11.5 Å². The molecule has 166 valence electrons. The average Bonchev–Trinajstić information content (AvgIpc) is 2.81. The summed E-state index contributed by atoms with van der Waals surface area (Å²) in [5.74, 6) is -2.54. The van der Waals surface area contributed by atoms with Gasteiger partial charge in [-0.25, -0.2) is 5.43 Å². The number of ether oxygens (including phenoxy) is 1. The monoisotopic (exact) mass is 461 g/mol. The molecule has 1 aliphatic heterocycles. The molecule has 1 fully saturated rings. The first-order chi connectivity index (χ1) is 15.9. The zero-order valence-electron chi connectivity index (χ0n) is 17.5. The second-order valence-corrected chi connectivity index (χ2v) is 7.60. The quantitative estimate of drug-likeness (QED) is 0.252. The van der Waals surface area contributed by atoms with Crippen molar-refractivity contribution in [2.45, 2.75) is 6.92 Å². The van der Waals surface area contributed by atoms with Gasteiger partial charge in [0.25, 0.3) is 11.8 Å². The molecule has 2 N–H and O–H groups in total. The lowest BCUT2D eigenvalue weighted by Crippen LogP contribution is -2.58. The van der Waals surface area contributed by atoms with Crippen LogP contribution in [-0.2, 0) is 14.4 Å². The fraction of sp³-hybridized carbons (Fsp3) is 0.130. The van der Waals surface area contributed by atoms with Crippen molar-refractivity contribution in [3.05, 3.63) is 66.4 Å². The van der Waals surface area contributed by atoms with Gasteiger partial charge in [-0.1, -0.05) is 35.9 Å². The number of para-hydroxylation sites is 1. The van der Waals surface area contributed by atoms with Crippen LogP contribution >= 0.6 is 12.2 Å². The van der Waals surface area contributed by atoms with Crippen molar-refractivity contribution in [2.24, 2.45) is 11.0 Å². The maximum Gasteiger partial charge on any atom is 0.277 e. The molecule has 0 aliphatic carbocycles. The third kappa shape index (κ3) is 4.85. The Labute approximate surface area is 194 Å². The van der Waals surface area contributed by atoms with Crippen molar-refractivity contribution < 1.29 is 19.1 Å². The highest BCUT2D eigenvalue weighted by molar-refractivity contribution is 7.80. The van der Waals surface area contributed by atoms with Crippen LogP contribution in [-0.4, -0.2) is 40.6 Å². The van der Waals surface area contributed by atoms with E-state index in [0.717, 1.165) is 17.2 Å². The van der Waals surface area contributed by atoms with Crippen LogP contribution < -0.4 is 20.4 Å². The molecule has 0 bridgehead atoms. The largest absolute Gasteiger partial charge is 0.481 e. The Morgan fingerprint density at radius 3 is 2.76 bits per heavy atom. The molecule has 10 heteroatoms.